The molecule has 0 unspecified atom stereocenters. The lowest BCUT2D eigenvalue weighted by atomic mass is 10.1. The Kier molecular flexibility index (Phi) is 5.15. The summed E-state index contributed by atoms with van der Waals surface area (Å²) in [5.41, 5.74) is 10.00. The molecule has 0 bridgehead atoms. The lowest BCUT2D eigenvalue weighted by molar-refractivity contribution is 0.216. The van der Waals surface area contributed by atoms with E-state index in [9.17, 15) is 0 Å². The van der Waals surface area contributed by atoms with E-state index in [-0.39, 0.29) is 0 Å². The maximum atomic E-state index is 5.91. The van der Waals surface area contributed by atoms with Gasteiger partial charge in [-0.3, -0.25) is 0 Å². The van der Waals surface area contributed by atoms with Gasteiger partial charge in [0.1, 0.15) is 30.5 Å². The summed E-state index contributed by atoms with van der Waals surface area (Å²) in [6.45, 7) is 7.10. The van der Waals surface area contributed by atoms with Crippen LogP contribution in [-0.2, 0) is 0 Å². The molecule has 118 valence electrons. The molecule has 0 fully saturated rings. The van der Waals surface area contributed by atoms with Crippen molar-refractivity contribution in [3.8, 4) is 17.2 Å². The van der Waals surface area contributed by atoms with Gasteiger partial charge in [0.2, 0.25) is 0 Å². The highest BCUT2D eigenvalue weighted by Crippen LogP contribution is 2.27. The van der Waals surface area contributed by atoms with E-state index in [4.69, 9.17) is 19.9 Å². The van der Waals surface area contributed by atoms with Crippen molar-refractivity contribution >= 4 is 5.69 Å². The predicted molar refractivity (Wildman–Crippen MR) is 89.0 cm³/mol. The van der Waals surface area contributed by atoms with Crippen LogP contribution in [0.4, 0.5) is 5.69 Å². The summed E-state index contributed by atoms with van der Waals surface area (Å²) in [7, 11) is 1.61. The zero-order valence-electron chi connectivity index (χ0n) is 13.6. The number of aryl methyl sites for hydroxylation is 2. The molecule has 4 nitrogen and oxygen atoms in total. The van der Waals surface area contributed by atoms with Crippen LogP contribution in [0.25, 0.3) is 0 Å². The molecular formula is C18H23NO3. The Labute approximate surface area is 131 Å². The molecule has 4 heteroatoms. The summed E-state index contributed by atoms with van der Waals surface area (Å²) < 4.78 is 16.6. The predicted octanol–water partition coefficient (Wildman–Crippen LogP) is 3.66. The SMILES string of the molecule is COc1ccc(OCCOc2c(C)ccc(C)c2C)c(N)c1. The van der Waals surface area contributed by atoms with Crippen molar-refractivity contribution in [3.05, 3.63) is 47.0 Å². The zero-order valence-corrected chi connectivity index (χ0v) is 13.6. The van der Waals surface area contributed by atoms with E-state index >= 15 is 0 Å². The minimum atomic E-state index is 0.434. The Bertz CT molecular complexity index is 653. The third kappa shape index (κ3) is 3.64. The van der Waals surface area contributed by atoms with E-state index in [1.165, 1.54) is 11.1 Å². The van der Waals surface area contributed by atoms with Crippen molar-refractivity contribution in [1.82, 2.24) is 0 Å². The first kappa shape index (κ1) is 16.0. The van der Waals surface area contributed by atoms with E-state index in [0.29, 0.717) is 30.4 Å². The summed E-state index contributed by atoms with van der Waals surface area (Å²) in [4.78, 5) is 0. The van der Waals surface area contributed by atoms with E-state index in [0.717, 1.165) is 11.3 Å². The van der Waals surface area contributed by atoms with E-state index in [2.05, 4.69) is 26.0 Å². The van der Waals surface area contributed by atoms with Crippen LogP contribution < -0.4 is 19.9 Å². The molecule has 0 saturated heterocycles. The molecule has 0 atom stereocenters. The molecule has 2 rings (SSSR count). The van der Waals surface area contributed by atoms with Gasteiger partial charge in [0.05, 0.1) is 12.8 Å². The second-order valence-corrected chi connectivity index (χ2v) is 5.25. The Hall–Kier alpha value is -2.36. The molecule has 0 radical (unpaired) electrons. The molecule has 0 spiro atoms. The molecule has 0 amide bonds. The van der Waals surface area contributed by atoms with Crippen LogP contribution >= 0.6 is 0 Å². The number of ether oxygens (including phenoxy) is 3. The first-order valence-electron chi connectivity index (χ1n) is 7.29. The number of anilines is 1. The minimum absolute atomic E-state index is 0.434. The highest BCUT2D eigenvalue weighted by atomic mass is 16.5. The topological polar surface area (TPSA) is 53.7 Å². The third-order valence-corrected chi connectivity index (χ3v) is 3.68. The fraction of sp³-hybridized carbons (Fsp3) is 0.333. The summed E-state index contributed by atoms with van der Waals surface area (Å²) in [5.74, 6) is 2.29. The van der Waals surface area contributed by atoms with E-state index in [1.54, 1.807) is 19.2 Å². The van der Waals surface area contributed by atoms with Crippen molar-refractivity contribution in [2.75, 3.05) is 26.1 Å². The maximum Gasteiger partial charge on any atom is 0.142 e. The van der Waals surface area contributed by atoms with Crippen molar-refractivity contribution in [1.29, 1.82) is 0 Å². The molecule has 0 aromatic heterocycles. The van der Waals surface area contributed by atoms with Crippen molar-refractivity contribution in [2.24, 2.45) is 0 Å². The number of nitrogens with two attached hydrogens (primary N) is 1. The average molecular weight is 301 g/mol. The maximum absolute atomic E-state index is 5.91. The van der Waals surface area contributed by atoms with Crippen molar-refractivity contribution < 1.29 is 14.2 Å². The highest BCUT2D eigenvalue weighted by molar-refractivity contribution is 5.56. The van der Waals surface area contributed by atoms with Gasteiger partial charge in [0.25, 0.3) is 0 Å². The van der Waals surface area contributed by atoms with E-state index in [1.807, 2.05) is 13.0 Å². The van der Waals surface area contributed by atoms with Gasteiger partial charge in [-0.15, -0.1) is 0 Å². The molecule has 0 aliphatic heterocycles. The first-order valence-corrected chi connectivity index (χ1v) is 7.29. The fourth-order valence-corrected chi connectivity index (χ4v) is 2.23. The zero-order chi connectivity index (χ0) is 16.1. The molecule has 2 N–H and O–H groups in total. The van der Waals surface area contributed by atoms with Crippen LogP contribution in [0, 0.1) is 20.8 Å². The standard InChI is InChI=1S/C18H23NO3/c1-12-5-6-13(2)18(14(12)3)22-10-9-21-17-8-7-15(20-4)11-16(17)19/h5-8,11H,9-10,19H2,1-4H3. The number of benzene rings is 2. The molecule has 0 aliphatic carbocycles. The number of hydrogen-bond acceptors (Lipinski definition) is 4. The van der Waals surface area contributed by atoms with Crippen LogP contribution in [0.2, 0.25) is 0 Å². The largest absolute Gasteiger partial charge is 0.497 e. The van der Waals surface area contributed by atoms with Crippen LogP contribution in [0.5, 0.6) is 17.2 Å². The molecule has 0 heterocycles. The van der Waals surface area contributed by atoms with Gasteiger partial charge >= 0.3 is 0 Å². The number of rotatable bonds is 6. The van der Waals surface area contributed by atoms with Crippen LogP contribution in [0.1, 0.15) is 16.7 Å². The van der Waals surface area contributed by atoms with Crippen molar-refractivity contribution in [3.63, 3.8) is 0 Å². The van der Waals surface area contributed by atoms with Gasteiger partial charge in [0, 0.05) is 6.07 Å². The van der Waals surface area contributed by atoms with Crippen molar-refractivity contribution in [2.45, 2.75) is 20.8 Å². The first-order chi connectivity index (χ1) is 10.5. The number of hydrogen-bond donors (Lipinski definition) is 1. The summed E-state index contributed by atoms with van der Waals surface area (Å²) >= 11 is 0. The molecule has 2 aromatic carbocycles. The quantitative estimate of drug-likeness (QED) is 0.653. The Morgan fingerprint density at radius 3 is 2.27 bits per heavy atom. The number of methoxy groups -OCH3 is 1. The second kappa shape index (κ2) is 7.07. The molecular weight excluding hydrogens is 278 g/mol. The Balaban J connectivity index is 1.91. The monoisotopic (exact) mass is 301 g/mol. The Morgan fingerprint density at radius 1 is 0.909 bits per heavy atom. The van der Waals surface area contributed by atoms with E-state index < -0.39 is 0 Å². The normalized spacial score (nSPS) is 10.4. The van der Waals surface area contributed by atoms with Gasteiger partial charge in [-0.25, -0.2) is 0 Å². The van der Waals surface area contributed by atoms with Crippen LogP contribution in [-0.4, -0.2) is 20.3 Å². The second-order valence-electron chi connectivity index (χ2n) is 5.25. The molecule has 22 heavy (non-hydrogen) atoms. The molecule has 0 saturated carbocycles. The average Bonchev–Trinajstić information content (AvgIpc) is 2.51. The van der Waals surface area contributed by atoms with Crippen LogP contribution in [0.3, 0.4) is 0 Å². The Morgan fingerprint density at radius 2 is 1.59 bits per heavy atom. The van der Waals surface area contributed by atoms with Gasteiger partial charge in [-0.1, -0.05) is 12.1 Å². The lowest BCUT2D eigenvalue weighted by Gasteiger charge is -2.15. The smallest absolute Gasteiger partial charge is 0.142 e. The highest BCUT2D eigenvalue weighted by Gasteiger charge is 2.07. The van der Waals surface area contributed by atoms with Crippen LogP contribution in [0.15, 0.2) is 30.3 Å². The number of nitrogen functional groups attached to an aromatic ring is 1. The minimum Gasteiger partial charge on any atom is -0.497 e. The lowest BCUT2D eigenvalue weighted by Crippen LogP contribution is -2.11. The summed E-state index contributed by atoms with van der Waals surface area (Å²) in [5, 5.41) is 0. The van der Waals surface area contributed by atoms with Gasteiger partial charge in [-0.05, 0) is 49.6 Å². The van der Waals surface area contributed by atoms with Gasteiger partial charge in [-0.2, -0.15) is 0 Å². The molecule has 2 aromatic rings. The van der Waals surface area contributed by atoms with Gasteiger partial charge < -0.3 is 19.9 Å². The fourth-order valence-electron chi connectivity index (χ4n) is 2.23. The summed E-state index contributed by atoms with van der Waals surface area (Å²) in [6, 6.07) is 9.54. The van der Waals surface area contributed by atoms with Gasteiger partial charge in [0.15, 0.2) is 0 Å². The molecule has 0 aliphatic rings. The summed E-state index contributed by atoms with van der Waals surface area (Å²) in [6.07, 6.45) is 0. The third-order valence-electron chi connectivity index (χ3n) is 3.68.